The summed E-state index contributed by atoms with van der Waals surface area (Å²) in [4.78, 5) is 24.8. The van der Waals surface area contributed by atoms with Crippen molar-refractivity contribution in [3.8, 4) is 0 Å². The molecule has 0 bridgehead atoms. The molecule has 0 aliphatic heterocycles. The largest absolute Gasteiger partial charge is 0.354 e. The van der Waals surface area contributed by atoms with E-state index in [2.05, 4.69) is 12.2 Å². The molecule has 1 unspecified atom stereocenters. The smallest absolute Gasteiger partial charge is 0.221 e. The van der Waals surface area contributed by atoms with E-state index in [1.165, 1.54) is 0 Å². The van der Waals surface area contributed by atoms with E-state index in [9.17, 15) is 9.59 Å². The van der Waals surface area contributed by atoms with Crippen molar-refractivity contribution < 1.29 is 9.59 Å². The van der Waals surface area contributed by atoms with Gasteiger partial charge in [-0.05, 0) is 19.8 Å². The Bertz CT molecular complexity index is 254. The molecule has 1 N–H and O–H groups in total. The van der Waals surface area contributed by atoms with E-state index in [0.29, 0.717) is 13.0 Å². The fraction of sp³-hybridized carbons (Fsp3) is 0.857. The van der Waals surface area contributed by atoms with E-state index in [1.54, 1.807) is 11.8 Å². The molecular formula is C14H28N2O2. The maximum absolute atomic E-state index is 11.6. The van der Waals surface area contributed by atoms with Gasteiger partial charge in [0.2, 0.25) is 11.8 Å². The summed E-state index contributed by atoms with van der Waals surface area (Å²) >= 11 is 0. The normalized spacial score (nSPS) is 12.0. The molecule has 0 aromatic carbocycles. The third kappa shape index (κ3) is 8.09. The minimum atomic E-state index is 0.0334. The molecular weight excluding hydrogens is 228 g/mol. The Morgan fingerprint density at radius 2 is 1.83 bits per heavy atom. The van der Waals surface area contributed by atoms with Crippen LogP contribution in [-0.4, -0.2) is 35.8 Å². The van der Waals surface area contributed by atoms with E-state index in [0.717, 1.165) is 32.2 Å². The van der Waals surface area contributed by atoms with Gasteiger partial charge in [0.05, 0.1) is 0 Å². The summed E-state index contributed by atoms with van der Waals surface area (Å²) < 4.78 is 0. The first kappa shape index (κ1) is 16.9. The van der Waals surface area contributed by atoms with Crippen LogP contribution in [0.2, 0.25) is 0 Å². The molecule has 0 aliphatic rings. The van der Waals surface area contributed by atoms with Crippen LogP contribution in [0.25, 0.3) is 0 Å². The fourth-order valence-electron chi connectivity index (χ4n) is 1.66. The number of rotatable bonds is 9. The van der Waals surface area contributed by atoms with Gasteiger partial charge in [0, 0.05) is 32.5 Å². The molecule has 0 radical (unpaired) electrons. The number of amides is 2. The van der Waals surface area contributed by atoms with Gasteiger partial charge in [-0.25, -0.2) is 0 Å². The topological polar surface area (TPSA) is 49.4 Å². The number of nitrogens with zero attached hydrogens (tertiary/aromatic N) is 1. The van der Waals surface area contributed by atoms with Gasteiger partial charge >= 0.3 is 0 Å². The van der Waals surface area contributed by atoms with Gasteiger partial charge in [0.1, 0.15) is 0 Å². The van der Waals surface area contributed by atoms with Crippen molar-refractivity contribution in [2.24, 2.45) is 0 Å². The van der Waals surface area contributed by atoms with Crippen LogP contribution in [0.3, 0.4) is 0 Å². The van der Waals surface area contributed by atoms with Crippen LogP contribution in [0.4, 0.5) is 0 Å². The Hall–Kier alpha value is -1.06. The third-order valence-corrected chi connectivity index (χ3v) is 3.11. The highest BCUT2D eigenvalue weighted by molar-refractivity contribution is 5.78. The van der Waals surface area contributed by atoms with Gasteiger partial charge in [-0.3, -0.25) is 9.59 Å². The molecule has 2 amide bonds. The second-order valence-corrected chi connectivity index (χ2v) is 4.84. The summed E-state index contributed by atoms with van der Waals surface area (Å²) in [7, 11) is 0. The fourth-order valence-corrected chi connectivity index (χ4v) is 1.66. The Morgan fingerprint density at radius 1 is 1.17 bits per heavy atom. The standard InChI is InChI=1S/C14H28N2O2/c1-5-7-8-10-16(13(4)17)11-9-14(18)15-12(3)6-2/h12H,5-11H2,1-4H3,(H,15,18). The molecule has 0 aliphatic carbocycles. The monoisotopic (exact) mass is 256 g/mol. The minimum Gasteiger partial charge on any atom is -0.354 e. The van der Waals surface area contributed by atoms with Crippen molar-refractivity contribution in [3.05, 3.63) is 0 Å². The average molecular weight is 256 g/mol. The number of carbonyl (C=O) groups excluding carboxylic acids is 2. The lowest BCUT2D eigenvalue weighted by Gasteiger charge is -2.21. The SMILES string of the molecule is CCCCCN(CCC(=O)NC(C)CC)C(C)=O. The quantitative estimate of drug-likeness (QED) is 0.644. The number of carbonyl (C=O) groups is 2. The van der Waals surface area contributed by atoms with E-state index in [-0.39, 0.29) is 17.9 Å². The zero-order valence-electron chi connectivity index (χ0n) is 12.3. The molecule has 0 saturated heterocycles. The summed E-state index contributed by atoms with van der Waals surface area (Å²) in [6, 6.07) is 0.211. The summed E-state index contributed by atoms with van der Waals surface area (Å²) in [5.74, 6) is 0.0912. The van der Waals surface area contributed by atoms with Crippen LogP contribution in [0.5, 0.6) is 0 Å². The zero-order chi connectivity index (χ0) is 14.0. The third-order valence-electron chi connectivity index (χ3n) is 3.11. The van der Waals surface area contributed by atoms with Gasteiger partial charge in [-0.2, -0.15) is 0 Å². The average Bonchev–Trinajstić information content (AvgIpc) is 2.32. The van der Waals surface area contributed by atoms with Crippen molar-refractivity contribution in [2.45, 2.75) is 65.8 Å². The molecule has 0 saturated carbocycles. The van der Waals surface area contributed by atoms with Crippen molar-refractivity contribution in [1.29, 1.82) is 0 Å². The van der Waals surface area contributed by atoms with E-state index in [4.69, 9.17) is 0 Å². The number of hydrogen-bond acceptors (Lipinski definition) is 2. The van der Waals surface area contributed by atoms with Crippen LogP contribution < -0.4 is 5.32 Å². The van der Waals surface area contributed by atoms with Crippen molar-refractivity contribution >= 4 is 11.8 Å². The summed E-state index contributed by atoms with van der Waals surface area (Å²) in [5.41, 5.74) is 0. The Labute approximate surface area is 111 Å². The van der Waals surface area contributed by atoms with Gasteiger partial charge in [0.25, 0.3) is 0 Å². The first-order chi connectivity index (χ1) is 8.51. The Morgan fingerprint density at radius 3 is 2.33 bits per heavy atom. The highest BCUT2D eigenvalue weighted by atomic mass is 16.2. The zero-order valence-corrected chi connectivity index (χ0v) is 12.3. The van der Waals surface area contributed by atoms with Gasteiger partial charge in [0.15, 0.2) is 0 Å². The van der Waals surface area contributed by atoms with Crippen molar-refractivity contribution in [3.63, 3.8) is 0 Å². The minimum absolute atomic E-state index is 0.0334. The molecule has 18 heavy (non-hydrogen) atoms. The van der Waals surface area contributed by atoms with Crippen LogP contribution in [0, 0.1) is 0 Å². The predicted molar refractivity (Wildman–Crippen MR) is 74.3 cm³/mol. The summed E-state index contributed by atoms with van der Waals surface area (Å²) in [6.07, 6.45) is 4.61. The van der Waals surface area contributed by atoms with Crippen molar-refractivity contribution in [1.82, 2.24) is 10.2 Å². The molecule has 0 rings (SSSR count). The molecule has 0 spiro atoms. The Kier molecular flexibility index (Phi) is 9.33. The summed E-state index contributed by atoms with van der Waals surface area (Å²) in [5, 5.41) is 2.91. The van der Waals surface area contributed by atoms with Crippen LogP contribution >= 0.6 is 0 Å². The second kappa shape index (κ2) is 9.92. The van der Waals surface area contributed by atoms with Crippen LogP contribution in [-0.2, 0) is 9.59 Å². The Balaban J connectivity index is 3.95. The highest BCUT2D eigenvalue weighted by Crippen LogP contribution is 2.01. The summed E-state index contributed by atoms with van der Waals surface area (Å²) in [6.45, 7) is 9.02. The van der Waals surface area contributed by atoms with Crippen molar-refractivity contribution in [2.75, 3.05) is 13.1 Å². The number of nitrogens with one attached hydrogen (secondary N) is 1. The molecule has 0 aromatic heterocycles. The molecule has 106 valence electrons. The lowest BCUT2D eigenvalue weighted by atomic mass is 10.2. The lowest BCUT2D eigenvalue weighted by molar-refractivity contribution is -0.129. The van der Waals surface area contributed by atoms with Gasteiger partial charge in [-0.15, -0.1) is 0 Å². The first-order valence-electron chi connectivity index (χ1n) is 7.06. The molecule has 0 fully saturated rings. The predicted octanol–water partition coefficient (Wildman–Crippen LogP) is 2.33. The highest BCUT2D eigenvalue weighted by Gasteiger charge is 2.11. The first-order valence-corrected chi connectivity index (χ1v) is 7.06. The van der Waals surface area contributed by atoms with Gasteiger partial charge < -0.3 is 10.2 Å². The van der Waals surface area contributed by atoms with Gasteiger partial charge in [-0.1, -0.05) is 26.7 Å². The van der Waals surface area contributed by atoms with E-state index in [1.807, 2.05) is 13.8 Å². The van der Waals surface area contributed by atoms with E-state index < -0.39 is 0 Å². The maximum Gasteiger partial charge on any atom is 0.221 e. The molecule has 1 atom stereocenters. The molecule has 4 nitrogen and oxygen atoms in total. The second-order valence-electron chi connectivity index (χ2n) is 4.84. The number of unbranched alkanes of at least 4 members (excludes halogenated alkanes) is 2. The molecule has 0 heterocycles. The van der Waals surface area contributed by atoms with E-state index >= 15 is 0 Å². The maximum atomic E-state index is 11.6. The number of hydrogen-bond donors (Lipinski definition) is 1. The van der Waals surface area contributed by atoms with Crippen LogP contribution in [0.1, 0.15) is 59.8 Å². The van der Waals surface area contributed by atoms with Crippen LogP contribution in [0.15, 0.2) is 0 Å². The molecule has 0 aromatic rings. The lowest BCUT2D eigenvalue weighted by Crippen LogP contribution is -2.37. The molecule has 4 heteroatoms.